The van der Waals surface area contributed by atoms with Gasteiger partial charge in [-0.25, -0.2) is 5.10 Å². The van der Waals surface area contributed by atoms with Crippen LogP contribution in [-0.2, 0) is 0 Å². The number of benzene rings is 1. The van der Waals surface area contributed by atoms with Crippen molar-refractivity contribution in [2.24, 2.45) is 0 Å². The van der Waals surface area contributed by atoms with E-state index in [1.54, 1.807) is 0 Å². The summed E-state index contributed by atoms with van der Waals surface area (Å²) >= 11 is 3.42. The zero-order valence-corrected chi connectivity index (χ0v) is 15.8. The minimum absolute atomic E-state index is 0. The molecular formula is C12H15BrKN4O. The summed E-state index contributed by atoms with van der Waals surface area (Å²) in [7, 11) is 0. The molecule has 0 saturated heterocycles. The van der Waals surface area contributed by atoms with Crippen molar-refractivity contribution in [3.05, 3.63) is 28.2 Å². The van der Waals surface area contributed by atoms with Crippen molar-refractivity contribution < 1.29 is 5.11 Å². The second kappa shape index (κ2) is 8.61. The fourth-order valence-electron chi connectivity index (χ4n) is 1.85. The van der Waals surface area contributed by atoms with Gasteiger partial charge in [0.25, 0.3) is 0 Å². The van der Waals surface area contributed by atoms with Crippen molar-refractivity contribution in [1.82, 2.24) is 20.6 Å². The molecule has 0 saturated carbocycles. The van der Waals surface area contributed by atoms with Gasteiger partial charge in [-0.15, -0.1) is 5.10 Å². The third-order valence-electron chi connectivity index (χ3n) is 2.81. The zero-order valence-electron chi connectivity index (χ0n) is 11.1. The molecule has 0 aliphatic heterocycles. The van der Waals surface area contributed by atoms with Crippen molar-refractivity contribution in [2.75, 3.05) is 0 Å². The first-order valence-electron chi connectivity index (χ1n) is 5.94. The summed E-state index contributed by atoms with van der Waals surface area (Å²) in [5.41, 5.74) is 1.68. The Bertz CT molecular complexity index is 506. The number of rotatable bonds is 5. The van der Waals surface area contributed by atoms with Crippen molar-refractivity contribution in [3.8, 4) is 11.4 Å². The number of aromatic nitrogens is 4. The molecule has 2 N–H and O–H groups in total. The maximum Gasteiger partial charge on any atom is 0.179 e. The van der Waals surface area contributed by atoms with Gasteiger partial charge in [0, 0.05) is 61.4 Å². The third-order valence-corrected chi connectivity index (χ3v) is 3.30. The molecule has 19 heavy (non-hydrogen) atoms. The second-order valence-electron chi connectivity index (χ2n) is 4.14. The van der Waals surface area contributed by atoms with Crippen LogP contribution in [0, 0.1) is 0 Å². The van der Waals surface area contributed by atoms with Gasteiger partial charge in [-0.3, -0.25) is 0 Å². The molecule has 1 aromatic carbocycles. The second-order valence-corrected chi connectivity index (χ2v) is 5.06. The van der Waals surface area contributed by atoms with Crippen molar-refractivity contribution >= 4 is 67.3 Å². The van der Waals surface area contributed by atoms with Crippen LogP contribution < -0.4 is 0 Å². The van der Waals surface area contributed by atoms with Crippen molar-refractivity contribution in [1.29, 1.82) is 0 Å². The summed E-state index contributed by atoms with van der Waals surface area (Å²) in [6, 6.07) is 5.73. The van der Waals surface area contributed by atoms with Crippen LogP contribution in [0.25, 0.3) is 11.4 Å². The van der Waals surface area contributed by atoms with Gasteiger partial charge in [-0.1, -0.05) is 41.8 Å². The molecule has 2 aromatic rings. The number of hydrogen-bond acceptors (Lipinski definition) is 4. The molecule has 97 valence electrons. The van der Waals surface area contributed by atoms with Crippen LogP contribution in [0.3, 0.4) is 0 Å². The van der Waals surface area contributed by atoms with Gasteiger partial charge >= 0.3 is 0 Å². The number of tetrazole rings is 1. The molecular weight excluding hydrogens is 335 g/mol. The van der Waals surface area contributed by atoms with E-state index in [2.05, 4.69) is 43.5 Å². The third kappa shape index (κ3) is 4.70. The van der Waals surface area contributed by atoms with Gasteiger partial charge in [-0.05, 0) is 34.5 Å². The number of H-pyrrole nitrogens is 1. The topological polar surface area (TPSA) is 74.7 Å². The number of unbranched alkanes of at least 4 members (excludes halogenated alkanes) is 1. The minimum Gasteiger partial charge on any atom is -0.388 e. The number of nitrogens with zero attached hydrogens (tertiary/aromatic N) is 3. The first-order chi connectivity index (χ1) is 8.72. The van der Waals surface area contributed by atoms with Crippen LogP contribution in [0.15, 0.2) is 22.7 Å². The first kappa shape index (κ1) is 17.4. The van der Waals surface area contributed by atoms with Crippen molar-refractivity contribution in [2.45, 2.75) is 32.3 Å². The van der Waals surface area contributed by atoms with Crippen LogP contribution in [-0.4, -0.2) is 77.1 Å². The molecule has 1 atom stereocenters. The molecule has 0 fully saturated rings. The van der Waals surface area contributed by atoms with E-state index in [9.17, 15) is 5.11 Å². The van der Waals surface area contributed by atoms with E-state index < -0.39 is 6.10 Å². The van der Waals surface area contributed by atoms with Crippen LogP contribution in [0.1, 0.15) is 37.9 Å². The summed E-state index contributed by atoms with van der Waals surface area (Å²) in [4.78, 5) is 0. The smallest absolute Gasteiger partial charge is 0.179 e. The molecule has 0 bridgehead atoms. The van der Waals surface area contributed by atoms with E-state index in [1.807, 2.05) is 18.2 Å². The average Bonchev–Trinajstić information content (AvgIpc) is 2.89. The standard InChI is InChI=1S/C12H15BrN4O.K/c1-2-3-4-11(18)9-6-5-8(13)7-10(9)12-14-16-17-15-12;/h5-7,11,18H,2-4H2,1H3,(H,14,15,16,17);. The van der Waals surface area contributed by atoms with Gasteiger partial charge < -0.3 is 5.11 Å². The van der Waals surface area contributed by atoms with E-state index >= 15 is 0 Å². The van der Waals surface area contributed by atoms with Gasteiger partial charge in [0.1, 0.15) is 0 Å². The number of halogens is 1. The fraction of sp³-hybridized carbons (Fsp3) is 0.417. The molecule has 0 amide bonds. The Morgan fingerprint density at radius 1 is 1.42 bits per heavy atom. The minimum atomic E-state index is -0.488. The summed E-state index contributed by atoms with van der Waals surface area (Å²) < 4.78 is 0.931. The molecule has 1 heterocycles. The summed E-state index contributed by atoms with van der Waals surface area (Å²) in [5.74, 6) is 0.571. The Balaban J connectivity index is 0.00000180. The molecule has 2 rings (SSSR count). The van der Waals surface area contributed by atoms with E-state index in [4.69, 9.17) is 0 Å². The van der Waals surface area contributed by atoms with Crippen LogP contribution in [0.5, 0.6) is 0 Å². The first-order valence-corrected chi connectivity index (χ1v) is 6.73. The molecule has 1 unspecified atom stereocenters. The van der Waals surface area contributed by atoms with Crippen molar-refractivity contribution in [3.63, 3.8) is 0 Å². The van der Waals surface area contributed by atoms with Crippen LogP contribution in [0.4, 0.5) is 0 Å². The molecule has 0 spiro atoms. The Hall–Kier alpha value is 0.366. The number of aliphatic hydroxyl groups excluding tert-OH is 1. The Morgan fingerprint density at radius 3 is 2.84 bits per heavy atom. The predicted octanol–water partition coefficient (Wildman–Crippen LogP) is 2.47. The molecule has 0 aliphatic carbocycles. The Kier molecular flexibility index (Phi) is 7.89. The summed E-state index contributed by atoms with van der Waals surface area (Å²) in [6.45, 7) is 2.11. The number of aliphatic hydroxyl groups is 1. The molecule has 1 aromatic heterocycles. The normalized spacial score (nSPS) is 11.9. The molecule has 0 aliphatic rings. The molecule has 5 nitrogen and oxygen atoms in total. The largest absolute Gasteiger partial charge is 0.388 e. The Morgan fingerprint density at radius 2 is 2.21 bits per heavy atom. The molecule has 1 radical (unpaired) electrons. The maximum absolute atomic E-state index is 10.2. The summed E-state index contributed by atoms with van der Waals surface area (Å²) in [5, 5.41) is 24.0. The Labute approximate surface area is 163 Å². The number of aromatic amines is 1. The number of nitrogens with one attached hydrogen (secondary N) is 1. The van der Waals surface area contributed by atoms with E-state index in [1.165, 1.54) is 0 Å². The van der Waals surface area contributed by atoms with E-state index in [0.717, 1.165) is 34.9 Å². The fourth-order valence-corrected chi connectivity index (χ4v) is 2.21. The van der Waals surface area contributed by atoms with Gasteiger partial charge in [0.15, 0.2) is 5.82 Å². The van der Waals surface area contributed by atoms with Gasteiger partial charge in [0.2, 0.25) is 0 Å². The zero-order chi connectivity index (χ0) is 13.0. The van der Waals surface area contributed by atoms with Gasteiger partial charge in [0.05, 0.1) is 6.10 Å². The average molecular weight is 350 g/mol. The monoisotopic (exact) mass is 349 g/mol. The SMILES string of the molecule is CCCCC(O)c1ccc(Br)cc1-c1nnn[nH]1.[K]. The van der Waals surface area contributed by atoms with Crippen LogP contribution >= 0.6 is 15.9 Å². The van der Waals surface area contributed by atoms with E-state index in [-0.39, 0.29) is 51.4 Å². The maximum atomic E-state index is 10.2. The number of hydrogen-bond donors (Lipinski definition) is 2. The predicted molar refractivity (Wildman–Crippen MR) is 77.6 cm³/mol. The summed E-state index contributed by atoms with van der Waals surface area (Å²) in [6.07, 6.45) is 2.31. The van der Waals surface area contributed by atoms with E-state index in [0.29, 0.717) is 5.82 Å². The van der Waals surface area contributed by atoms with Crippen LogP contribution in [0.2, 0.25) is 0 Å². The van der Waals surface area contributed by atoms with Gasteiger partial charge in [-0.2, -0.15) is 0 Å². The molecule has 7 heteroatoms. The quantitative estimate of drug-likeness (QED) is 0.813.